The second-order valence-corrected chi connectivity index (χ2v) is 10.7. The average molecular weight is 494 g/mol. The number of hydrogen-bond acceptors (Lipinski definition) is 8. The zero-order valence-electron chi connectivity index (χ0n) is 19.6. The van der Waals surface area contributed by atoms with Gasteiger partial charge in [-0.15, -0.1) is 0 Å². The lowest BCUT2D eigenvalue weighted by Crippen LogP contribution is -2.49. The molecule has 0 spiro atoms. The highest BCUT2D eigenvalue weighted by Gasteiger charge is 2.28. The minimum absolute atomic E-state index is 0.0228. The number of aromatic nitrogens is 5. The normalized spacial score (nSPS) is 15.1. The number of anilines is 1. The first-order valence-corrected chi connectivity index (χ1v) is 13.1. The monoisotopic (exact) mass is 493 g/mol. The Balaban J connectivity index is 1.31. The van der Waals surface area contributed by atoms with Crippen molar-refractivity contribution in [3.05, 3.63) is 60.7 Å². The Bertz CT molecular complexity index is 1420. The van der Waals surface area contributed by atoms with Crippen LogP contribution in [-0.4, -0.2) is 70.2 Å². The SMILES string of the molecule is CC(C)Oc1cc2c(-c3ccnc(N4CCN(S(=O)(=O)Cc5cccnc5)CC4)c3)n[nH]c2cn1. The molecule has 1 N–H and O–H groups in total. The van der Waals surface area contributed by atoms with Gasteiger partial charge < -0.3 is 9.64 Å². The fraction of sp³-hybridized carbons (Fsp3) is 0.333. The van der Waals surface area contributed by atoms with Gasteiger partial charge in [-0.3, -0.25) is 10.1 Å². The third kappa shape index (κ3) is 5.10. The van der Waals surface area contributed by atoms with Crippen LogP contribution in [0.4, 0.5) is 5.82 Å². The highest BCUT2D eigenvalue weighted by atomic mass is 32.2. The van der Waals surface area contributed by atoms with Gasteiger partial charge in [0.1, 0.15) is 11.5 Å². The molecule has 5 rings (SSSR count). The van der Waals surface area contributed by atoms with Gasteiger partial charge in [0.15, 0.2) is 0 Å². The number of nitrogens with one attached hydrogen (secondary N) is 1. The topological polar surface area (TPSA) is 117 Å². The summed E-state index contributed by atoms with van der Waals surface area (Å²) in [5.41, 5.74) is 3.21. The van der Waals surface area contributed by atoms with Crippen molar-refractivity contribution in [1.82, 2.24) is 29.5 Å². The quantitative estimate of drug-likeness (QED) is 0.418. The summed E-state index contributed by atoms with van der Waals surface area (Å²) in [6.07, 6.45) is 6.72. The molecule has 11 heteroatoms. The Labute approximate surface area is 204 Å². The van der Waals surface area contributed by atoms with E-state index in [1.807, 2.05) is 32.0 Å². The second-order valence-electron chi connectivity index (χ2n) is 8.71. The van der Waals surface area contributed by atoms with E-state index < -0.39 is 10.0 Å². The lowest BCUT2D eigenvalue weighted by atomic mass is 10.1. The molecule has 182 valence electrons. The van der Waals surface area contributed by atoms with Gasteiger partial charge in [0, 0.05) is 61.8 Å². The van der Waals surface area contributed by atoms with Gasteiger partial charge in [-0.05, 0) is 37.6 Å². The molecule has 1 aliphatic heterocycles. The van der Waals surface area contributed by atoms with Crippen molar-refractivity contribution in [2.75, 3.05) is 31.1 Å². The van der Waals surface area contributed by atoms with Crippen LogP contribution in [0.3, 0.4) is 0 Å². The van der Waals surface area contributed by atoms with E-state index in [1.54, 1.807) is 41.2 Å². The molecule has 10 nitrogen and oxygen atoms in total. The molecular weight excluding hydrogens is 466 g/mol. The number of sulfonamides is 1. The maximum absolute atomic E-state index is 12.9. The summed E-state index contributed by atoms with van der Waals surface area (Å²) in [4.78, 5) is 15.0. The van der Waals surface area contributed by atoms with Crippen LogP contribution >= 0.6 is 0 Å². The zero-order valence-corrected chi connectivity index (χ0v) is 20.4. The van der Waals surface area contributed by atoms with Crippen LogP contribution in [0, 0.1) is 0 Å². The van der Waals surface area contributed by atoms with Crippen molar-refractivity contribution in [3.63, 3.8) is 0 Å². The van der Waals surface area contributed by atoms with Gasteiger partial charge in [0.2, 0.25) is 15.9 Å². The number of hydrogen-bond donors (Lipinski definition) is 1. The van der Waals surface area contributed by atoms with E-state index in [1.165, 1.54) is 0 Å². The van der Waals surface area contributed by atoms with E-state index in [0.29, 0.717) is 37.6 Å². The highest BCUT2D eigenvalue weighted by Crippen LogP contribution is 2.30. The first-order chi connectivity index (χ1) is 16.9. The molecule has 0 amide bonds. The number of fused-ring (bicyclic) bond motifs is 1. The van der Waals surface area contributed by atoms with Crippen LogP contribution in [0.25, 0.3) is 22.2 Å². The summed E-state index contributed by atoms with van der Waals surface area (Å²) < 4.78 is 33.0. The molecule has 35 heavy (non-hydrogen) atoms. The largest absolute Gasteiger partial charge is 0.475 e. The van der Waals surface area contributed by atoms with Crippen molar-refractivity contribution in [2.24, 2.45) is 0 Å². The molecule has 4 aromatic rings. The first kappa shape index (κ1) is 23.2. The second kappa shape index (κ2) is 9.59. The van der Waals surface area contributed by atoms with E-state index in [0.717, 1.165) is 28.0 Å². The number of piperazine rings is 1. The van der Waals surface area contributed by atoms with Crippen molar-refractivity contribution >= 4 is 26.7 Å². The Kier molecular flexibility index (Phi) is 6.35. The predicted molar refractivity (Wildman–Crippen MR) is 134 cm³/mol. The lowest BCUT2D eigenvalue weighted by Gasteiger charge is -2.34. The van der Waals surface area contributed by atoms with E-state index in [-0.39, 0.29) is 11.9 Å². The molecule has 1 aliphatic rings. The minimum Gasteiger partial charge on any atom is -0.475 e. The molecule has 1 fully saturated rings. The van der Waals surface area contributed by atoms with Crippen LogP contribution in [0.1, 0.15) is 19.4 Å². The van der Waals surface area contributed by atoms with Gasteiger partial charge in [-0.1, -0.05) is 6.07 Å². The Morgan fingerprint density at radius 1 is 1.06 bits per heavy atom. The Morgan fingerprint density at radius 3 is 2.63 bits per heavy atom. The minimum atomic E-state index is -3.41. The number of pyridine rings is 3. The van der Waals surface area contributed by atoms with Crippen molar-refractivity contribution in [3.8, 4) is 17.1 Å². The molecule has 0 saturated carbocycles. The molecule has 0 aliphatic carbocycles. The van der Waals surface area contributed by atoms with Crippen LogP contribution < -0.4 is 9.64 Å². The van der Waals surface area contributed by atoms with Crippen LogP contribution in [0.15, 0.2) is 55.1 Å². The molecule has 0 bridgehead atoms. The summed E-state index contributed by atoms with van der Waals surface area (Å²) in [6, 6.07) is 9.32. The van der Waals surface area contributed by atoms with Gasteiger partial charge in [0.05, 0.1) is 23.6 Å². The van der Waals surface area contributed by atoms with Gasteiger partial charge in [-0.2, -0.15) is 9.40 Å². The molecule has 5 heterocycles. The van der Waals surface area contributed by atoms with Crippen molar-refractivity contribution < 1.29 is 13.2 Å². The molecule has 0 atom stereocenters. The Morgan fingerprint density at radius 2 is 1.89 bits per heavy atom. The summed E-state index contributed by atoms with van der Waals surface area (Å²) in [6.45, 7) is 5.84. The van der Waals surface area contributed by atoms with Crippen LogP contribution in [0.5, 0.6) is 5.88 Å². The van der Waals surface area contributed by atoms with Crippen molar-refractivity contribution in [1.29, 1.82) is 0 Å². The predicted octanol–water partition coefficient (Wildman–Crippen LogP) is 2.85. The van der Waals surface area contributed by atoms with Gasteiger partial charge >= 0.3 is 0 Å². The van der Waals surface area contributed by atoms with E-state index in [4.69, 9.17) is 4.74 Å². The highest BCUT2D eigenvalue weighted by molar-refractivity contribution is 7.88. The zero-order chi connectivity index (χ0) is 24.4. The summed E-state index contributed by atoms with van der Waals surface area (Å²) >= 11 is 0. The maximum Gasteiger partial charge on any atom is 0.218 e. The molecule has 0 unspecified atom stereocenters. The number of ether oxygens (including phenoxy) is 1. The van der Waals surface area contributed by atoms with Crippen LogP contribution in [-0.2, 0) is 15.8 Å². The third-order valence-corrected chi connectivity index (χ3v) is 7.68. The molecule has 4 aromatic heterocycles. The number of aromatic amines is 1. The van der Waals surface area contributed by atoms with Crippen molar-refractivity contribution in [2.45, 2.75) is 25.7 Å². The van der Waals surface area contributed by atoms with Gasteiger partial charge in [0.25, 0.3) is 0 Å². The number of rotatable bonds is 7. The summed E-state index contributed by atoms with van der Waals surface area (Å²) in [7, 11) is -3.41. The lowest BCUT2D eigenvalue weighted by molar-refractivity contribution is 0.233. The number of H-pyrrole nitrogens is 1. The fourth-order valence-corrected chi connectivity index (χ4v) is 5.64. The third-order valence-electron chi connectivity index (χ3n) is 5.83. The Hall–Kier alpha value is -3.57. The fourth-order valence-electron chi connectivity index (χ4n) is 4.14. The average Bonchev–Trinajstić information content (AvgIpc) is 3.27. The smallest absolute Gasteiger partial charge is 0.218 e. The molecule has 0 aromatic carbocycles. The molecule has 1 saturated heterocycles. The summed E-state index contributed by atoms with van der Waals surface area (Å²) in [5, 5.41) is 8.44. The van der Waals surface area contributed by atoms with E-state index in [9.17, 15) is 8.42 Å². The van der Waals surface area contributed by atoms with E-state index >= 15 is 0 Å². The maximum atomic E-state index is 12.9. The molecule has 0 radical (unpaired) electrons. The standard InChI is InChI=1S/C24H27N7O3S/c1-17(2)34-23-13-20-21(15-27-23)28-29-24(20)19-5-7-26-22(12-19)30-8-10-31(11-9-30)35(32,33)16-18-4-3-6-25-14-18/h3-7,12-15,17H,8-11,16H2,1-2H3,(H,28,29). The molecular formula is C24H27N7O3S. The number of nitrogens with zero attached hydrogens (tertiary/aromatic N) is 6. The summed E-state index contributed by atoms with van der Waals surface area (Å²) in [5.74, 6) is 1.29. The van der Waals surface area contributed by atoms with Crippen LogP contribution in [0.2, 0.25) is 0 Å². The first-order valence-electron chi connectivity index (χ1n) is 11.5. The van der Waals surface area contributed by atoms with E-state index in [2.05, 4.69) is 30.0 Å². The van der Waals surface area contributed by atoms with Gasteiger partial charge in [-0.25, -0.2) is 18.4 Å².